The molecule has 0 radical (unpaired) electrons. The van der Waals surface area contributed by atoms with Gasteiger partial charge in [0.25, 0.3) is 0 Å². The summed E-state index contributed by atoms with van der Waals surface area (Å²) >= 11 is 1.74. The second-order valence-electron chi connectivity index (χ2n) is 8.78. The molecule has 1 fully saturated rings. The topological polar surface area (TPSA) is 23.6 Å². The molecule has 3 aromatic rings. The fourth-order valence-corrected chi connectivity index (χ4v) is 6.33. The summed E-state index contributed by atoms with van der Waals surface area (Å²) in [4.78, 5) is 18.3. The third kappa shape index (κ3) is 3.67. The Morgan fingerprint density at radius 3 is 2.77 bits per heavy atom. The molecule has 2 heterocycles. The van der Waals surface area contributed by atoms with Crippen LogP contribution in [0.3, 0.4) is 0 Å². The summed E-state index contributed by atoms with van der Waals surface area (Å²) in [6, 6.07) is 17.8. The normalized spacial score (nSPS) is 22.0. The van der Waals surface area contributed by atoms with Gasteiger partial charge in [-0.25, -0.2) is 0 Å². The van der Waals surface area contributed by atoms with Crippen molar-refractivity contribution >= 4 is 27.3 Å². The molecule has 2 aliphatic rings. The summed E-state index contributed by atoms with van der Waals surface area (Å²) in [5.41, 5.74) is 3.92. The van der Waals surface area contributed by atoms with Crippen LogP contribution in [0.2, 0.25) is 0 Å². The number of carbonyl (C=O) groups is 1. The number of fused-ring (bicyclic) bond motifs is 2. The lowest BCUT2D eigenvalue weighted by atomic mass is 9.93. The quantitative estimate of drug-likeness (QED) is 0.527. The van der Waals surface area contributed by atoms with Crippen LogP contribution in [-0.4, -0.2) is 41.9 Å². The molecule has 0 N–H and O–H groups in total. The average molecular weight is 419 g/mol. The second-order valence-corrected chi connectivity index (χ2v) is 9.72. The molecule has 1 saturated heterocycles. The summed E-state index contributed by atoms with van der Waals surface area (Å²) in [7, 11) is 2.03. The fourth-order valence-electron chi connectivity index (χ4n) is 5.49. The van der Waals surface area contributed by atoms with Gasteiger partial charge in [0.1, 0.15) is 0 Å². The van der Waals surface area contributed by atoms with E-state index in [-0.39, 0.29) is 11.9 Å². The van der Waals surface area contributed by atoms with Crippen molar-refractivity contribution in [1.82, 2.24) is 9.80 Å². The van der Waals surface area contributed by atoms with E-state index in [4.69, 9.17) is 0 Å². The number of thiophene rings is 1. The molecule has 0 saturated carbocycles. The largest absolute Gasteiger partial charge is 0.337 e. The van der Waals surface area contributed by atoms with E-state index in [0.717, 1.165) is 18.4 Å². The Bertz CT molecular complexity index is 1040. The van der Waals surface area contributed by atoms with Crippen molar-refractivity contribution in [3.63, 3.8) is 0 Å². The predicted octanol–water partition coefficient (Wildman–Crippen LogP) is 5.44. The van der Waals surface area contributed by atoms with Gasteiger partial charge >= 0.3 is 0 Å². The number of hydrogen-bond acceptors (Lipinski definition) is 3. The van der Waals surface area contributed by atoms with Crippen LogP contribution in [-0.2, 0) is 17.6 Å². The van der Waals surface area contributed by atoms with Crippen molar-refractivity contribution in [1.29, 1.82) is 0 Å². The predicted molar refractivity (Wildman–Crippen MR) is 125 cm³/mol. The van der Waals surface area contributed by atoms with E-state index in [2.05, 4.69) is 63.7 Å². The van der Waals surface area contributed by atoms with Gasteiger partial charge in [-0.2, -0.15) is 0 Å². The first-order chi connectivity index (χ1) is 14.7. The smallest absolute Gasteiger partial charge is 0.227 e. The van der Waals surface area contributed by atoms with Gasteiger partial charge in [0.05, 0.1) is 12.5 Å². The van der Waals surface area contributed by atoms with Crippen LogP contribution in [0.15, 0.2) is 53.9 Å². The molecule has 1 aliphatic carbocycles. The van der Waals surface area contributed by atoms with Crippen molar-refractivity contribution in [3.05, 3.63) is 70.6 Å². The van der Waals surface area contributed by atoms with Gasteiger partial charge < -0.3 is 4.90 Å². The third-order valence-corrected chi connectivity index (χ3v) is 7.91. The first-order valence-corrected chi connectivity index (χ1v) is 12.1. The molecule has 1 amide bonds. The Hall–Kier alpha value is -2.17. The molecule has 4 heteroatoms. The summed E-state index contributed by atoms with van der Waals surface area (Å²) in [5.74, 6) is 0.222. The highest BCUT2D eigenvalue weighted by Crippen LogP contribution is 2.37. The van der Waals surface area contributed by atoms with Crippen LogP contribution in [0.1, 0.15) is 48.4 Å². The zero-order valence-electron chi connectivity index (χ0n) is 17.7. The van der Waals surface area contributed by atoms with Crippen LogP contribution >= 0.6 is 11.3 Å². The molecule has 30 heavy (non-hydrogen) atoms. The van der Waals surface area contributed by atoms with E-state index >= 15 is 0 Å². The van der Waals surface area contributed by atoms with Gasteiger partial charge in [-0.05, 0) is 84.8 Å². The Balaban J connectivity index is 1.47. The van der Waals surface area contributed by atoms with Crippen LogP contribution in [0.5, 0.6) is 0 Å². The summed E-state index contributed by atoms with van der Waals surface area (Å²) in [6.07, 6.45) is 6.51. The van der Waals surface area contributed by atoms with Gasteiger partial charge in [-0.15, -0.1) is 11.3 Å². The highest BCUT2D eigenvalue weighted by atomic mass is 32.1. The number of likely N-dealkylation sites (N-methyl/N-ethyl adjacent to an activating group) is 1. The molecule has 0 unspecified atom stereocenters. The maximum Gasteiger partial charge on any atom is 0.227 e. The van der Waals surface area contributed by atoms with Crippen LogP contribution in [0.4, 0.5) is 0 Å². The van der Waals surface area contributed by atoms with Gasteiger partial charge in [-0.3, -0.25) is 9.69 Å². The number of likely N-dealkylation sites (tertiary alicyclic amines) is 1. The minimum Gasteiger partial charge on any atom is -0.337 e. The SMILES string of the molecule is CN(C(=O)Cc1cccc2sccc12)[C@@H]1c2ccccc2CCC[C@@H]1N1CCCC1. The molecule has 1 aromatic heterocycles. The van der Waals surface area contributed by atoms with Gasteiger partial charge in [0.2, 0.25) is 5.91 Å². The van der Waals surface area contributed by atoms with Crippen molar-refractivity contribution in [3.8, 4) is 0 Å². The van der Waals surface area contributed by atoms with Gasteiger partial charge in [0, 0.05) is 17.8 Å². The molecule has 0 bridgehead atoms. The van der Waals surface area contributed by atoms with E-state index < -0.39 is 0 Å². The number of rotatable bonds is 4. The molecule has 2 aromatic carbocycles. The fraction of sp³-hybridized carbons (Fsp3) is 0.423. The average Bonchev–Trinajstić information content (AvgIpc) is 3.43. The number of nitrogens with zero attached hydrogens (tertiary/aromatic N) is 2. The molecule has 2 atom stereocenters. The molecular weight excluding hydrogens is 388 g/mol. The zero-order valence-corrected chi connectivity index (χ0v) is 18.5. The Morgan fingerprint density at radius 1 is 1.07 bits per heavy atom. The minimum absolute atomic E-state index is 0.135. The van der Waals surface area contributed by atoms with E-state index in [1.807, 2.05) is 7.05 Å². The summed E-state index contributed by atoms with van der Waals surface area (Å²) in [5, 5.41) is 3.34. The van der Waals surface area contributed by atoms with Gasteiger partial charge in [-0.1, -0.05) is 36.4 Å². The van der Waals surface area contributed by atoms with Crippen molar-refractivity contribution < 1.29 is 4.79 Å². The van der Waals surface area contributed by atoms with Crippen LogP contribution in [0.25, 0.3) is 10.1 Å². The summed E-state index contributed by atoms with van der Waals surface area (Å²) in [6.45, 7) is 2.33. The molecule has 5 rings (SSSR count). The number of amides is 1. The molecule has 1 aliphatic heterocycles. The van der Waals surface area contributed by atoms with E-state index in [1.54, 1.807) is 11.3 Å². The first-order valence-electron chi connectivity index (χ1n) is 11.2. The number of carbonyl (C=O) groups excluding carboxylic acids is 1. The first kappa shape index (κ1) is 19.8. The lowest BCUT2D eigenvalue weighted by molar-refractivity contribution is -0.132. The molecule has 3 nitrogen and oxygen atoms in total. The number of benzene rings is 2. The second kappa shape index (κ2) is 8.52. The Kier molecular flexibility index (Phi) is 5.62. The highest BCUT2D eigenvalue weighted by molar-refractivity contribution is 7.17. The van der Waals surface area contributed by atoms with Crippen molar-refractivity contribution in [2.75, 3.05) is 20.1 Å². The number of aryl methyl sites for hydroxylation is 1. The highest BCUT2D eigenvalue weighted by Gasteiger charge is 2.37. The Morgan fingerprint density at radius 2 is 1.90 bits per heavy atom. The van der Waals surface area contributed by atoms with Crippen molar-refractivity contribution in [2.24, 2.45) is 0 Å². The number of hydrogen-bond donors (Lipinski definition) is 0. The molecule has 156 valence electrons. The standard InChI is InChI=1S/C26H30N2OS/c1-27(25(29)18-20-10-7-13-24-21(20)14-17-30-24)26-22-11-3-2-8-19(22)9-6-12-23(26)28-15-4-5-16-28/h2-3,7-8,10-11,13-14,17,23,26H,4-6,9,12,15-16,18H2,1H3/t23-,26+/m0/s1. The van der Waals surface area contributed by atoms with E-state index in [0.29, 0.717) is 12.5 Å². The minimum atomic E-state index is 0.135. The maximum atomic E-state index is 13.6. The monoisotopic (exact) mass is 418 g/mol. The summed E-state index contributed by atoms with van der Waals surface area (Å²) < 4.78 is 1.26. The van der Waals surface area contributed by atoms with E-state index in [1.165, 1.54) is 53.6 Å². The van der Waals surface area contributed by atoms with E-state index in [9.17, 15) is 4.79 Å². The van der Waals surface area contributed by atoms with Crippen LogP contribution < -0.4 is 0 Å². The van der Waals surface area contributed by atoms with Crippen molar-refractivity contribution in [2.45, 2.75) is 50.6 Å². The molecular formula is C26H30N2OS. The zero-order chi connectivity index (χ0) is 20.5. The van der Waals surface area contributed by atoms with Gasteiger partial charge in [0.15, 0.2) is 0 Å². The maximum absolute atomic E-state index is 13.6. The lowest BCUT2D eigenvalue weighted by Crippen LogP contribution is -2.46. The molecule has 0 spiro atoms. The third-order valence-electron chi connectivity index (χ3n) is 7.03. The Labute approximate surface area is 183 Å². The lowest BCUT2D eigenvalue weighted by Gasteiger charge is -2.39. The van der Waals surface area contributed by atoms with Crippen LogP contribution in [0, 0.1) is 0 Å².